The fourth-order valence-corrected chi connectivity index (χ4v) is 2.47. The third-order valence-corrected chi connectivity index (χ3v) is 3.74. The number of aliphatic hydroxyl groups is 1. The molecular weight excluding hydrogens is 254 g/mol. The number of benzene rings is 1. The highest BCUT2D eigenvalue weighted by atomic mass is 16.3. The van der Waals surface area contributed by atoms with Gasteiger partial charge in [0.05, 0.1) is 23.1 Å². The van der Waals surface area contributed by atoms with Crippen LogP contribution in [0.3, 0.4) is 0 Å². The Morgan fingerprint density at radius 3 is 2.70 bits per heavy atom. The van der Waals surface area contributed by atoms with E-state index in [0.29, 0.717) is 18.7 Å². The van der Waals surface area contributed by atoms with Gasteiger partial charge in [-0.05, 0) is 19.1 Å². The summed E-state index contributed by atoms with van der Waals surface area (Å²) in [6.45, 7) is 3.30. The van der Waals surface area contributed by atoms with E-state index in [2.05, 4.69) is 5.10 Å². The number of para-hydroxylation sites is 1. The summed E-state index contributed by atoms with van der Waals surface area (Å²) in [6.07, 6.45) is 1.62. The summed E-state index contributed by atoms with van der Waals surface area (Å²) in [6, 6.07) is 9.75. The Kier molecular flexibility index (Phi) is 3.28. The van der Waals surface area contributed by atoms with E-state index in [1.165, 1.54) is 0 Å². The second-order valence-corrected chi connectivity index (χ2v) is 5.15. The quantitative estimate of drug-likeness (QED) is 0.914. The Hall–Kier alpha value is -2.14. The zero-order valence-corrected chi connectivity index (χ0v) is 11.4. The molecule has 1 saturated heterocycles. The monoisotopic (exact) mass is 271 g/mol. The van der Waals surface area contributed by atoms with Gasteiger partial charge in [0.2, 0.25) is 0 Å². The Labute approximate surface area is 117 Å². The Bertz CT molecular complexity index is 615. The van der Waals surface area contributed by atoms with E-state index in [-0.39, 0.29) is 18.4 Å². The molecule has 1 aliphatic rings. The van der Waals surface area contributed by atoms with Crippen molar-refractivity contribution in [2.75, 3.05) is 19.7 Å². The molecule has 1 fully saturated rings. The van der Waals surface area contributed by atoms with Crippen LogP contribution >= 0.6 is 0 Å². The summed E-state index contributed by atoms with van der Waals surface area (Å²) >= 11 is 0. The highest BCUT2D eigenvalue weighted by Gasteiger charge is 2.32. The molecule has 5 heteroatoms. The molecule has 0 saturated carbocycles. The summed E-state index contributed by atoms with van der Waals surface area (Å²) in [4.78, 5) is 14.1. The average molecular weight is 271 g/mol. The number of likely N-dealkylation sites (tertiary alicyclic amines) is 1. The van der Waals surface area contributed by atoms with Crippen molar-refractivity contribution in [2.24, 2.45) is 5.92 Å². The van der Waals surface area contributed by atoms with Gasteiger partial charge >= 0.3 is 0 Å². The molecule has 1 amide bonds. The maximum atomic E-state index is 12.3. The van der Waals surface area contributed by atoms with Crippen LogP contribution in [0.1, 0.15) is 16.1 Å². The van der Waals surface area contributed by atoms with Crippen molar-refractivity contribution in [1.29, 1.82) is 0 Å². The minimum absolute atomic E-state index is 0.00520. The van der Waals surface area contributed by atoms with E-state index in [1.807, 2.05) is 37.3 Å². The maximum Gasteiger partial charge on any atom is 0.257 e. The van der Waals surface area contributed by atoms with E-state index in [4.69, 9.17) is 5.11 Å². The Morgan fingerprint density at radius 1 is 1.35 bits per heavy atom. The first-order chi connectivity index (χ1) is 9.70. The maximum absolute atomic E-state index is 12.3. The van der Waals surface area contributed by atoms with Gasteiger partial charge in [-0.2, -0.15) is 5.10 Å². The van der Waals surface area contributed by atoms with Gasteiger partial charge in [-0.25, -0.2) is 4.68 Å². The van der Waals surface area contributed by atoms with Crippen molar-refractivity contribution in [1.82, 2.24) is 14.7 Å². The molecule has 104 valence electrons. The van der Waals surface area contributed by atoms with E-state index in [1.54, 1.807) is 15.8 Å². The molecule has 1 aromatic carbocycles. The van der Waals surface area contributed by atoms with Crippen molar-refractivity contribution in [3.8, 4) is 5.69 Å². The molecule has 1 aromatic heterocycles. The molecule has 0 spiro atoms. The predicted octanol–water partition coefficient (Wildman–Crippen LogP) is 1.25. The lowest BCUT2D eigenvalue weighted by atomic mass is 10.0. The van der Waals surface area contributed by atoms with Crippen LogP contribution in [0.2, 0.25) is 0 Å². The summed E-state index contributed by atoms with van der Waals surface area (Å²) in [5.74, 6) is 0.220. The molecule has 1 aliphatic heterocycles. The minimum atomic E-state index is -0.00520. The highest BCUT2D eigenvalue weighted by Crippen LogP contribution is 2.21. The number of aliphatic hydroxyl groups excluding tert-OH is 1. The minimum Gasteiger partial charge on any atom is -0.396 e. The number of hydrogen-bond donors (Lipinski definition) is 1. The lowest BCUT2D eigenvalue weighted by Gasteiger charge is -2.38. The highest BCUT2D eigenvalue weighted by molar-refractivity contribution is 5.95. The van der Waals surface area contributed by atoms with Gasteiger partial charge in [0.1, 0.15) is 0 Å². The molecule has 2 aromatic rings. The Balaban J connectivity index is 1.82. The molecule has 0 atom stereocenters. The average Bonchev–Trinajstić information content (AvgIpc) is 2.80. The van der Waals surface area contributed by atoms with Crippen LogP contribution in [-0.2, 0) is 0 Å². The number of carbonyl (C=O) groups is 1. The van der Waals surface area contributed by atoms with Crippen molar-refractivity contribution in [3.63, 3.8) is 0 Å². The SMILES string of the molecule is Cc1c(C(=O)N2CC(CO)C2)cnn1-c1ccccc1. The normalized spacial score (nSPS) is 15.2. The van der Waals surface area contributed by atoms with E-state index in [9.17, 15) is 4.79 Å². The smallest absolute Gasteiger partial charge is 0.257 e. The van der Waals surface area contributed by atoms with Gasteiger partial charge in [-0.3, -0.25) is 4.79 Å². The molecule has 1 N–H and O–H groups in total. The summed E-state index contributed by atoms with van der Waals surface area (Å²) in [7, 11) is 0. The summed E-state index contributed by atoms with van der Waals surface area (Å²) < 4.78 is 1.77. The van der Waals surface area contributed by atoms with Crippen molar-refractivity contribution >= 4 is 5.91 Å². The lowest BCUT2D eigenvalue weighted by molar-refractivity contribution is 0.0361. The topological polar surface area (TPSA) is 58.4 Å². The first kappa shape index (κ1) is 12.9. The predicted molar refractivity (Wildman–Crippen MR) is 74.8 cm³/mol. The van der Waals surface area contributed by atoms with Gasteiger partial charge in [0, 0.05) is 25.6 Å². The summed E-state index contributed by atoms with van der Waals surface area (Å²) in [5.41, 5.74) is 2.42. The molecule has 0 radical (unpaired) electrons. The van der Waals surface area contributed by atoms with Gasteiger partial charge in [0.25, 0.3) is 5.91 Å². The van der Waals surface area contributed by atoms with E-state index in [0.717, 1.165) is 11.4 Å². The van der Waals surface area contributed by atoms with Gasteiger partial charge in [-0.15, -0.1) is 0 Å². The number of rotatable bonds is 3. The van der Waals surface area contributed by atoms with Gasteiger partial charge in [-0.1, -0.05) is 18.2 Å². The number of amides is 1. The van der Waals surface area contributed by atoms with E-state index >= 15 is 0 Å². The largest absolute Gasteiger partial charge is 0.396 e. The van der Waals surface area contributed by atoms with Crippen molar-refractivity contribution < 1.29 is 9.90 Å². The number of aromatic nitrogens is 2. The fourth-order valence-electron chi connectivity index (χ4n) is 2.47. The Morgan fingerprint density at radius 2 is 2.05 bits per heavy atom. The molecule has 5 nitrogen and oxygen atoms in total. The lowest BCUT2D eigenvalue weighted by Crippen LogP contribution is -2.51. The molecule has 0 aliphatic carbocycles. The standard InChI is InChI=1S/C15H17N3O2/c1-11-14(15(20)17-8-12(9-17)10-19)7-16-18(11)13-5-3-2-4-6-13/h2-7,12,19H,8-10H2,1H3. The van der Waals surface area contributed by atoms with Gasteiger partial charge < -0.3 is 10.0 Å². The van der Waals surface area contributed by atoms with Crippen LogP contribution in [0.15, 0.2) is 36.5 Å². The number of carbonyl (C=O) groups excluding carboxylic acids is 1. The second kappa shape index (κ2) is 5.09. The van der Waals surface area contributed by atoms with Crippen LogP contribution in [0.25, 0.3) is 5.69 Å². The molecular formula is C15H17N3O2. The zero-order chi connectivity index (χ0) is 14.1. The van der Waals surface area contributed by atoms with Crippen LogP contribution < -0.4 is 0 Å². The van der Waals surface area contributed by atoms with Crippen LogP contribution in [0, 0.1) is 12.8 Å². The first-order valence-electron chi connectivity index (χ1n) is 6.71. The first-order valence-corrected chi connectivity index (χ1v) is 6.71. The number of nitrogens with zero attached hydrogens (tertiary/aromatic N) is 3. The third kappa shape index (κ3) is 2.10. The van der Waals surface area contributed by atoms with Crippen LogP contribution in [0.4, 0.5) is 0 Å². The van der Waals surface area contributed by atoms with Crippen LogP contribution in [0.5, 0.6) is 0 Å². The molecule has 2 heterocycles. The number of hydrogen-bond acceptors (Lipinski definition) is 3. The fraction of sp³-hybridized carbons (Fsp3) is 0.333. The second-order valence-electron chi connectivity index (χ2n) is 5.15. The van der Waals surface area contributed by atoms with Crippen LogP contribution in [-0.4, -0.2) is 45.4 Å². The van der Waals surface area contributed by atoms with Gasteiger partial charge in [0.15, 0.2) is 0 Å². The molecule has 0 unspecified atom stereocenters. The third-order valence-electron chi connectivity index (χ3n) is 3.74. The molecule has 3 rings (SSSR count). The molecule has 20 heavy (non-hydrogen) atoms. The molecule has 0 bridgehead atoms. The van der Waals surface area contributed by atoms with Crippen molar-refractivity contribution in [2.45, 2.75) is 6.92 Å². The summed E-state index contributed by atoms with van der Waals surface area (Å²) in [5, 5.41) is 13.3. The van der Waals surface area contributed by atoms with Crippen molar-refractivity contribution in [3.05, 3.63) is 47.8 Å². The zero-order valence-electron chi connectivity index (χ0n) is 11.4. The van der Waals surface area contributed by atoms with E-state index < -0.39 is 0 Å².